The Balaban J connectivity index is 1.71. The van der Waals surface area contributed by atoms with Crippen molar-refractivity contribution in [1.82, 2.24) is 14.6 Å². The molecule has 2 aromatic heterocycles. The van der Waals surface area contributed by atoms with Gasteiger partial charge in [-0.15, -0.1) is 0 Å². The molecule has 30 heavy (non-hydrogen) atoms. The normalized spacial score (nSPS) is 12.4. The number of aromatic nitrogens is 3. The van der Waals surface area contributed by atoms with Crippen LogP contribution in [0.2, 0.25) is 0 Å². The Morgan fingerprint density at radius 1 is 1.03 bits per heavy atom. The summed E-state index contributed by atoms with van der Waals surface area (Å²) in [4.78, 5) is 4.64. The lowest BCUT2D eigenvalue weighted by Crippen LogP contribution is -2.18. The number of hydrogen-bond acceptors (Lipinski definition) is 5. The molecule has 1 N–H and O–H groups in total. The Labute approximate surface area is 171 Å². The fraction of sp³-hybridized carbons (Fsp3) is 0.143. The molecule has 0 spiro atoms. The van der Waals surface area contributed by atoms with Crippen LogP contribution in [0.15, 0.2) is 72.0 Å². The Kier molecular flexibility index (Phi) is 4.87. The molecule has 9 heteroatoms. The fourth-order valence-corrected chi connectivity index (χ4v) is 3.79. The molecule has 154 valence electrons. The monoisotopic (exact) mass is 429 g/mol. The third-order valence-electron chi connectivity index (χ3n) is 4.77. The second-order valence-corrected chi connectivity index (χ2v) is 8.92. The van der Waals surface area contributed by atoms with E-state index in [1.54, 1.807) is 41.3 Å². The first-order valence-electron chi connectivity index (χ1n) is 8.92. The zero-order chi connectivity index (χ0) is 21.5. The van der Waals surface area contributed by atoms with E-state index in [-0.39, 0.29) is 10.5 Å². The second-order valence-electron chi connectivity index (χ2n) is 6.91. The molecule has 4 rings (SSSR count). The molecule has 0 saturated heterocycles. The molecule has 0 saturated carbocycles. The van der Waals surface area contributed by atoms with Crippen LogP contribution in [0.1, 0.15) is 5.56 Å². The summed E-state index contributed by atoms with van der Waals surface area (Å²) >= 11 is 0. The van der Waals surface area contributed by atoms with Crippen LogP contribution in [-0.4, -0.2) is 41.0 Å². The molecular weight excluding hydrogens is 412 g/mol. The van der Waals surface area contributed by atoms with Crippen LogP contribution >= 0.6 is 0 Å². The van der Waals surface area contributed by atoms with Gasteiger partial charge in [0.15, 0.2) is 15.5 Å². The van der Waals surface area contributed by atoms with Crippen molar-refractivity contribution in [2.45, 2.75) is 10.8 Å². The molecule has 0 unspecified atom stereocenters. The highest BCUT2D eigenvalue weighted by Gasteiger charge is 2.30. The number of aliphatic hydroxyl groups excluding tert-OH is 1. The lowest BCUT2D eigenvalue weighted by Gasteiger charge is -2.13. The standard InChI is InChI=1S/C21H17F2N3O3S/c1-30(28,29)18-4-2-3-15(9-18)19-11-25-26-12-16(10-24-20(19)26)14-5-7-17(8-6-14)21(22,23)13-27/h2-12,27H,13H2,1H3. The number of aliphatic hydroxyl groups is 1. The molecule has 0 atom stereocenters. The van der Waals surface area contributed by atoms with Crippen LogP contribution in [-0.2, 0) is 15.8 Å². The van der Waals surface area contributed by atoms with Crippen molar-refractivity contribution in [1.29, 1.82) is 0 Å². The topological polar surface area (TPSA) is 84.6 Å². The molecule has 6 nitrogen and oxygen atoms in total. The minimum Gasteiger partial charge on any atom is -0.390 e. The lowest BCUT2D eigenvalue weighted by molar-refractivity contribution is -0.0556. The highest BCUT2D eigenvalue weighted by atomic mass is 32.2. The second kappa shape index (κ2) is 7.26. The molecule has 4 aromatic rings. The molecule has 2 aromatic carbocycles. The van der Waals surface area contributed by atoms with Gasteiger partial charge in [-0.2, -0.15) is 13.9 Å². The Bertz CT molecular complexity index is 1330. The number of benzene rings is 2. The van der Waals surface area contributed by atoms with E-state index in [2.05, 4.69) is 10.1 Å². The number of halogens is 2. The number of alkyl halides is 2. The van der Waals surface area contributed by atoms with Crippen molar-refractivity contribution >= 4 is 15.5 Å². The summed E-state index contributed by atoms with van der Waals surface area (Å²) in [5, 5.41) is 13.1. The first-order chi connectivity index (χ1) is 14.2. The van der Waals surface area contributed by atoms with Gasteiger partial charge in [0.2, 0.25) is 0 Å². The van der Waals surface area contributed by atoms with Crippen molar-refractivity contribution < 1.29 is 22.3 Å². The Morgan fingerprint density at radius 2 is 1.77 bits per heavy atom. The zero-order valence-electron chi connectivity index (χ0n) is 15.8. The molecule has 0 aliphatic rings. The van der Waals surface area contributed by atoms with Crippen LogP contribution in [0.4, 0.5) is 8.78 Å². The third-order valence-corrected chi connectivity index (χ3v) is 5.88. The maximum absolute atomic E-state index is 13.6. The van der Waals surface area contributed by atoms with Crippen molar-refractivity contribution in [3.8, 4) is 22.3 Å². The highest BCUT2D eigenvalue weighted by Crippen LogP contribution is 2.30. The Hall–Kier alpha value is -3.17. The number of nitrogens with zero attached hydrogens (tertiary/aromatic N) is 3. The van der Waals surface area contributed by atoms with Gasteiger partial charge in [0.05, 0.1) is 11.1 Å². The molecular formula is C21H17F2N3O3S. The molecule has 0 aliphatic heterocycles. The molecule has 0 fully saturated rings. The average molecular weight is 429 g/mol. The first kappa shape index (κ1) is 20.1. The van der Waals surface area contributed by atoms with Gasteiger partial charge >= 0.3 is 0 Å². The summed E-state index contributed by atoms with van der Waals surface area (Å²) in [7, 11) is -3.35. The SMILES string of the molecule is CS(=O)(=O)c1cccc(-c2cnn3cc(-c4ccc(C(F)(F)CO)cc4)cnc23)c1. The van der Waals surface area contributed by atoms with E-state index in [1.165, 1.54) is 30.3 Å². The number of hydrogen-bond donors (Lipinski definition) is 1. The van der Waals surface area contributed by atoms with Gasteiger partial charge in [-0.3, -0.25) is 0 Å². The zero-order valence-corrected chi connectivity index (χ0v) is 16.6. The van der Waals surface area contributed by atoms with Crippen LogP contribution < -0.4 is 0 Å². The van der Waals surface area contributed by atoms with Crippen molar-refractivity contribution in [2.24, 2.45) is 0 Å². The van der Waals surface area contributed by atoms with Gasteiger partial charge < -0.3 is 5.11 Å². The average Bonchev–Trinajstić information content (AvgIpc) is 3.16. The smallest absolute Gasteiger partial charge is 0.295 e. The van der Waals surface area contributed by atoms with E-state index < -0.39 is 22.4 Å². The first-order valence-corrected chi connectivity index (χ1v) is 10.8. The van der Waals surface area contributed by atoms with Crippen molar-refractivity contribution in [3.05, 3.63) is 72.7 Å². The maximum Gasteiger partial charge on any atom is 0.295 e. The van der Waals surface area contributed by atoms with Gasteiger partial charge in [-0.25, -0.2) is 17.9 Å². The van der Waals surface area contributed by atoms with Crippen LogP contribution in [0, 0.1) is 0 Å². The number of sulfone groups is 1. The van der Waals surface area contributed by atoms with Gasteiger partial charge in [-0.1, -0.05) is 36.4 Å². The van der Waals surface area contributed by atoms with E-state index >= 15 is 0 Å². The maximum atomic E-state index is 13.6. The van der Waals surface area contributed by atoms with E-state index in [0.717, 1.165) is 6.26 Å². The summed E-state index contributed by atoms with van der Waals surface area (Å²) in [6.07, 6.45) is 6.05. The predicted molar refractivity (Wildman–Crippen MR) is 108 cm³/mol. The third kappa shape index (κ3) is 3.69. The quantitative estimate of drug-likeness (QED) is 0.525. The van der Waals surface area contributed by atoms with Crippen LogP contribution in [0.3, 0.4) is 0 Å². The number of fused-ring (bicyclic) bond motifs is 1. The molecule has 0 radical (unpaired) electrons. The Morgan fingerprint density at radius 3 is 2.43 bits per heavy atom. The minimum atomic E-state index is -3.35. The lowest BCUT2D eigenvalue weighted by atomic mass is 10.0. The van der Waals surface area contributed by atoms with E-state index in [4.69, 9.17) is 5.11 Å². The fourth-order valence-electron chi connectivity index (χ4n) is 3.12. The van der Waals surface area contributed by atoms with Gasteiger partial charge in [-0.05, 0) is 23.3 Å². The summed E-state index contributed by atoms with van der Waals surface area (Å²) in [6.45, 7) is -1.25. The largest absolute Gasteiger partial charge is 0.390 e. The summed E-state index contributed by atoms with van der Waals surface area (Å²) in [5.74, 6) is -3.29. The predicted octanol–water partition coefficient (Wildman–Crippen LogP) is 3.55. The van der Waals surface area contributed by atoms with E-state index in [9.17, 15) is 17.2 Å². The molecule has 0 aliphatic carbocycles. The molecule has 0 bridgehead atoms. The van der Waals surface area contributed by atoms with Gasteiger partial charge in [0.25, 0.3) is 5.92 Å². The minimum absolute atomic E-state index is 0.204. The summed E-state index contributed by atoms with van der Waals surface area (Å²) in [5.41, 5.74) is 2.94. The van der Waals surface area contributed by atoms with Crippen LogP contribution in [0.5, 0.6) is 0 Å². The van der Waals surface area contributed by atoms with E-state index in [0.29, 0.717) is 27.9 Å². The van der Waals surface area contributed by atoms with Gasteiger partial charge in [0.1, 0.15) is 6.61 Å². The van der Waals surface area contributed by atoms with Crippen molar-refractivity contribution in [2.75, 3.05) is 12.9 Å². The highest BCUT2D eigenvalue weighted by molar-refractivity contribution is 7.90. The van der Waals surface area contributed by atoms with Gasteiger partial charge in [0, 0.05) is 35.3 Å². The molecule has 2 heterocycles. The summed E-state index contributed by atoms with van der Waals surface area (Å²) in [6, 6.07) is 12.1. The molecule has 0 amide bonds. The van der Waals surface area contributed by atoms with Crippen molar-refractivity contribution in [3.63, 3.8) is 0 Å². The summed E-state index contributed by atoms with van der Waals surface area (Å²) < 4.78 is 52.4. The van der Waals surface area contributed by atoms with Crippen LogP contribution in [0.25, 0.3) is 27.9 Å². The van der Waals surface area contributed by atoms with E-state index in [1.807, 2.05) is 0 Å². The number of rotatable bonds is 5.